The molecule has 0 aliphatic carbocycles. The number of rotatable bonds is 8. The van der Waals surface area contributed by atoms with Gasteiger partial charge in [-0.25, -0.2) is 0 Å². The van der Waals surface area contributed by atoms with Gasteiger partial charge in [0.25, 0.3) is 5.91 Å². The minimum absolute atomic E-state index is 0.0733. The monoisotopic (exact) mass is 441 g/mol. The molecule has 0 fully saturated rings. The number of methoxy groups -OCH3 is 1. The standard InChI is InChI=1S/C24H24ClNO5/c1-3-4-12-30-17-8-5-15(6-9-17)21-20-22(27)18-14-16(25)7-10-19(18)31-23(20)24(28)26(21)11-13-29-2/h5-10,14,21H,3-4,11-13H2,1-2H3. The summed E-state index contributed by atoms with van der Waals surface area (Å²) < 4.78 is 16.8. The van der Waals surface area contributed by atoms with E-state index in [9.17, 15) is 9.59 Å². The van der Waals surface area contributed by atoms with E-state index in [2.05, 4.69) is 6.92 Å². The van der Waals surface area contributed by atoms with Crippen LogP contribution in [0.1, 0.15) is 47.5 Å². The van der Waals surface area contributed by atoms with Crippen LogP contribution in [0.5, 0.6) is 5.75 Å². The van der Waals surface area contributed by atoms with Crippen molar-refractivity contribution in [3.8, 4) is 5.75 Å². The zero-order valence-corrected chi connectivity index (χ0v) is 18.3. The molecule has 1 amide bonds. The maximum absolute atomic E-state index is 13.4. The second-order valence-corrected chi connectivity index (χ2v) is 7.92. The van der Waals surface area contributed by atoms with E-state index in [4.69, 9.17) is 25.5 Å². The molecule has 1 aliphatic heterocycles. The average molecular weight is 442 g/mol. The van der Waals surface area contributed by atoms with E-state index < -0.39 is 6.04 Å². The summed E-state index contributed by atoms with van der Waals surface area (Å²) >= 11 is 6.10. The van der Waals surface area contributed by atoms with Crippen molar-refractivity contribution in [3.05, 3.63) is 74.6 Å². The van der Waals surface area contributed by atoms with Gasteiger partial charge in [0.05, 0.1) is 30.2 Å². The molecule has 31 heavy (non-hydrogen) atoms. The fourth-order valence-electron chi connectivity index (χ4n) is 3.84. The van der Waals surface area contributed by atoms with Crippen LogP contribution < -0.4 is 10.2 Å². The number of fused-ring (bicyclic) bond motifs is 2. The van der Waals surface area contributed by atoms with Crippen molar-refractivity contribution in [1.82, 2.24) is 4.90 Å². The summed E-state index contributed by atoms with van der Waals surface area (Å²) in [5.41, 5.74) is 1.23. The first-order valence-electron chi connectivity index (χ1n) is 10.3. The third kappa shape index (κ3) is 4.05. The highest BCUT2D eigenvalue weighted by molar-refractivity contribution is 6.31. The molecule has 2 aromatic carbocycles. The lowest BCUT2D eigenvalue weighted by Gasteiger charge is -2.25. The molecule has 2 heterocycles. The molecule has 7 heteroatoms. The maximum atomic E-state index is 13.4. The minimum Gasteiger partial charge on any atom is -0.494 e. The summed E-state index contributed by atoms with van der Waals surface area (Å²) in [6.07, 6.45) is 2.04. The maximum Gasteiger partial charge on any atom is 0.290 e. The average Bonchev–Trinajstić information content (AvgIpc) is 3.05. The van der Waals surface area contributed by atoms with Gasteiger partial charge in [-0.15, -0.1) is 0 Å². The Morgan fingerprint density at radius 1 is 1.10 bits per heavy atom. The molecule has 4 rings (SSSR count). The van der Waals surface area contributed by atoms with Crippen LogP contribution in [0.15, 0.2) is 51.7 Å². The van der Waals surface area contributed by atoms with Crippen molar-refractivity contribution in [2.24, 2.45) is 0 Å². The third-order valence-corrected chi connectivity index (χ3v) is 5.66. The third-order valence-electron chi connectivity index (χ3n) is 5.43. The second kappa shape index (κ2) is 9.12. The topological polar surface area (TPSA) is 69.0 Å². The van der Waals surface area contributed by atoms with Gasteiger partial charge in [-0.3, -0.25) is 9.59 Å². The van der Waals surface area contributed by atoms with E-state index in [1.165, 1.54) is 0 Å². The van der Waals surface area contributed by atoms with Crippen molar-refractivity contribution in [2.75, 3.05) is 26.9 Å². The molecular formula is C24H24ClNO5. The molecule has 3 aromatic rings. The van der Waals surface area contributed by atoms with Crippen LogP contribution in [0.4, 0.5) is 0 Å². The molecule has 0 bridgehead atoms. The summed E-state index contributed by atoms with van der Waals surface area (Å²) in [6.45, 7) is 3.43. The van der Waals surface area contributed by atoms with Gasteiger partial charge in [-0.05, 0) is 42.3 Å². The van der Waals surface area contributed by atoms with Gasteiger partial charge in [0.15, 0.2) is 5.43 Å². The van der Waals surface area contributed by atoms with Gasteiger partial charge in [0.1, 0.15) is 11.3 Å². The molecule has 0 spiro atoms. The number of carbonyl (C=O) groups is 1. The van der Waals surface area contributed by atoms with E-state index in [0.717, 1.165) is 24.2 Å². The number of hydrogen-bond acceptors (Lipinski definition) is 5. The van der Waals surface area contributed by atoms with Crippen molar-refractivity contribution >= 4 is 28.5 Å². The molecule has 0 N–H and O–H groups in total. The number of amides is 1. The Hall–Kier alpha value is -2.83. The fourth-order valence-corrected chi connectivity index (χ4v) is 4.01. The van der Waals surface area contributed by atoms with Crippen LogP contribution >= 0.6 is 11.6 Å². The number of halogens is 1. The van der Waals surface area contributed by atoms with Crippen LogP contribution in [0, 0.1) is 0 Å². The summed E-state index contributed by atoms with van der Waals surface area (Å²) in [6, 6.07) is 11.8. The number of ether oxygens (including phenoxy) is 2. The molecule has 6 nitrogen and oxygen atoms in total. The van der Waals surface area contributed by atoms with E-state index in [-0.39, 0.29) is 17.1 Å². The first-order valence-corrected chi connectivity index (χ1v) is 10.7. The van der Waals surface area contributed by atoms with Gasteiger partial charge in [-0.1, -0.05) is 37.1 Å². The first kappa shape index (κ1) is 21.4. The van der Waals surface area contributed by atoms with Crippen LogP contribution in [-0.2, 0) is 4.74 Å². The number of unbranched alkanes of at least 4 members (excludes halogenated alkanes) is 1. The van der Waals surface area contributed by atoms with Crippen LogP contribution in [0.3, 0.4) is 0 Å². The molecular weight excluding hydrogens is 418 g/mol. The predicted molar refractivity (Wildman–Crippen MR) is 119 cm³/mol. The summed E-state index contributed by atoms with van der Waals surface area (Å²) in [5, 5.41) is 0.794. The van der Waals surface area contributed by atoms with Crippen molar-refractivity contribution in [2.45, 2.75) is 25.8 Å². The molecule has 1 aliphatic rings. The smallest absolute Gasteiger partial charge is 0.290 e. The molecule has 162 valence electrons. The zero-order chi connectivity index (χ0) is 22.0. The first-order chi connectivity index (χ1) is 15.0. The summed E-state index contributed by atoms with van der Waals surface area (Å²) in [7, 11) is 1.57. The number of nitrogens with zero attached hydrogens (tertiary/aromatic N) is 1. The van der Waals surface area contributed by atoms with Crippen LogP contribution in [0.25, 0.3) is 11.0 Å². The Morgan fingerprint density at radius 2 is 1.87 bits per heavy atom. The van der Waals surface area contributed by atoms with Gasteiger partial charge in [0, 0.05) is 18.7 Å². The van der Waals surface area contributed by atoms with Gasteiger partial charge in [0.2, 0.25) is 5.76 Å². The molecule has 1 atom stereocenters. The van der Waals surface area contributed by atoms with Gasteiger partial charge < -0.3 is 18.8 Å². The lowest BCUT2D eigenvalue weighted by molar-refractivity contribution is 0.0663. The van der Waals surface area contributed by atoms with Crippen molar-refractivity contribution in [1.29, 1.82) is 0 Å². The zero-order valence-electron chi connectivity index (χ0n) is 17.5. The van der Waals surface area contributed by atoms with E-state index in [1.807, 2.05) is 24.3 Å². The normalized spacial score (nSPS) is 15.5. The summed E-state index contributed by atoms with van der Waals surface area (Å²) in [4.78, 5) is 28.2. The quantitative estimate of drug-likeness (QED) is 0.469. The van der Waals surface area contributed by atoms with E-state index in [0.29, 0.717) is 41.3 Å². The van der Waals surface area contributed by atoms with E-state index >= 15 is 0 Å². The highest BCUT2D eigenvalue weighted by atomic mass is 35.5. The van der Waals surface area contributed by atoms with Crippen LogP contribution in [0.2, 0.25) is 5.02 Å². The Morgan fingerprint density at radius 3 is 2.58 bits per heavy atom. The summed E-state index contributed by atoms with van der Waals surface area (Å²) in [5.74, 6) is 0.501. The van der Waals surface area contributed by atoms with E-state index in [1.54, 1.807) is 30.2 Å². The Labute approximate surface area is 185 Å². The Bertz CT molecular complexity index is 1160. The lowest BCUT2D eigenvalue weighted by atomic mass is 9.98. The molecule has 0 saturated carbocycles. The fraction of sp³-hybridized carbons (Fsp3) is 0.333. The van der Waals surface area contributed by atoms with Gasteiger partial charge in [-0.2, -0.15) is 0 Å². The Kier molecular flexibility index (Phi) is 6.30. The lowest BCUT2D eigenvalue weighted by Crippen LogP contribution is -2.32. The van der Waals surface area contributed by atoms with Crippen LogP contribution in [-0.4, -0.2) is 37.7 Å². The molecule has 0 saturated heterocycles. The van der Waals surface area contributed by atoms with Gasteiger partial charge >= 0.3 is 0 Å². The molecule has 0 radical (unpaired) electrons. The highest BCUT2D eigenvalue weighted by Crippen LogP contribution is 2.38. The SMILES string of the molecule is CCCCOc1ccc(C2c3c(oc4ccc(Cl)cc4c3=O)C(=O)N2CCOC)cc1. The number of carbonyl (C=O) groups excluding carboxylic acids is 1. The van der Waals surface area contributed by atoms with Crippen molar-refractivity contribution in [3.63, 3.8) is 0 Å². The highest BCUT2D eigenvalue weighted by Gasteiger charge is 2.42. The number of benzene rings is 2. The largest absolute Gasteiger partial charge is 0.494 e. The minimum atomic E-state index is -0.568. The number of hydrogen-bond donors (Lipinski definition) is 0. The Balaban J connectivity index is 1.80. The molecule has 1 aromatic heterocycles. The predicted octanol–water partition coefficient (Wildman–Crippen LogP) is 4.82. The van der Waals surface area contributed by atoms with Crippen molar-refractivity contribution < 1.29 is 18.7 Å². The molecule has 1 unspecified atom stereocenters. The second-order valence-electron chi connectivity index (χ2n) is 7.48.